The number of tetrazole rings is 1. The molecule has 0 saturated heterocycles. The molecule has 9 nitrogen and oxygen atoms in total. The lowest BCUT2D eigenvalue weighted by Gasteiger charge is -2.10. The lowest BCUT2D eigenvalue weighted by atomic mass is 10.3. The molecule has 0 spiro atoms. The lowest BCUT2D eigenvalue weighted by molar-refractivity contribution is -0.131. The van der Waals surface area contributed by atoms with Gasteiger partial charge in [-0.2, -0.15) is 18.2 Å². The summed E-state index contributed by atoms with van der Waals surface area (Å²) in [5, 5.41) is 14.2. The molecule has 4 rings (SSSR count). The van der Waals surface area contributed by atoms with Crippen molar-refractivity contribution in [3.8, 4) is 12.0 Å². The minimum absolute atomic E-state index is 0.0589. The highest BCUT2D eigenvalue weighted by atomic mass is 19.4. The number of pyridine rings is 1. The van der Waals surface area contributed by atoms with E-state index in [0.717, 1.165) is 5.52 Å². The second-order valence-corrected chi connectivity index (χ2v) is 6.42. The van der Waals surface area contributed by atoms with Crippen molar-refractivity contribution in [1.29, 1.82) is 0 Å². The highest BCUT2D eigenvalue weighted by Gasteiger charge is 2.26. The van der Waals surface area contributed by atoms with Crippen LogP contribution in [-0.2, 0) is 13.7 Å². The van der Waals surface area contributed by atoms with Gasteiger partial charge in [0.15, 0.2) is 0 Å². The Bertz CT molecular complexity index is 1150. The van der Waals surface area contributed by atoms with Crippen LogP contribution in [0.4, 0.5) is 19.0 Å². The van der Waals surface area contributed by atoms with Gasteiger partial charge in [0.1, 0.15) is 12.4 Å². The van der Waals surface area contributed by atoms with Gasteiger partial charge in [0.2, 0.25) is 0 Å². The van der Waals surface area contributed by atoms with Crippen LogP contribution in [0.1, 0.15) is 12.1 Å². The van der Waals surface area contributed by atoms with Crippen molar-refractivity contribution in [1.82, 2.24) is 34.7 Å². The van der Waals surface area contributed by atoms with Crippen LogP contribution in [0.3, 0.4) is 0 Å². The Morgan fingerprint density at radius 1 is 1.07 bits per heavy atom. The highest BCUT2D eigenvalue weighted by Crippen LogP contribution is 2.25. The largest absolute Gasteiger partial charge is 0.458 e. The number of aromatic nitrogens is 7. The van der Waals surface area contributed by atoms with E-state index in [0.29, 0.717) is 23.0 Å². The maximum Gasteiger partial charge on any atom is 0.390 e. The molecule has 0 saturated carbocycles. The molecule has 12 heteroatoms. The molecule has 0 atom stereocenters. The summed E-state index contributed by atoms with van der Waals surface area (Å²) in [5.74, 6) is 0.764. The Kier molecular flexibility index (Phi) is 5.21. The third-order valence-electron chi connectivity index (χ3n) is 4.20. The number of aryl methyl sites for hydroxylation is 1. The molecule has 0 bridgehead atoms. The molecular weight excluding hydrogens is 401 g/mol. The standard InChI is InChI=1S/C18H17F3N8O/c1-28-16(25-26-27-28)29-14-7-3-2-6-13(14)24-17(29)30-11-12-5-4-8-15(23-12)22-10-9-18(19,20)21/h2-8H,9-11H2,1H3,(H,22,23). The maximum absolute atomic E-state index is 12.3. The molecule has 3 aromatic heterocycles. The molecular formula is C18H17F3N8O. The number of rotatable bonds is 7. The number of alkyl halides is 3. The fraction of sp³-hybridized carbons (Fsp3) is 0.278. The minimum atomic E-state index is -4.22. The summed E-state index contributed by atoms with van der Waals surface area (Å²) in [6, 6.07) is 12.7. The van der Waals surface area contributed by atoms with E-state index in [1.54, 1.807) is 29.8 Å². The number of imidazole rings is 1. The van der Waals surface area contributed by atoms with Gasteiger partial charge in [-0.05, 0) is 34.7 Å². The maximum atomic E-state index is 12.3. The summed E-state index contributed by atoms with van der Waals surface area (Å²) in [6.07, 6.45) is -5.16. The topological polar surface area (TPSA) is 95.6 Å². The first-order chi connectivity index (χ1) is 14.4. The Morgan fingerprint density at radius 2 is 1.90 bits per heavy atom. The van der Waals surface area contributed by atoms with Crippen molar-refractivity contribution in [2.75, 3.05) is 11.9 Å². The smallest absolute Gasteiger partial charge is 0.390 e. The van der Waals surface area contributed by atoms with Gasteiger partial charge in [-0.25, -0.2) is 14.2 Å². The van der Waals surface area contributed by atoms with Crippen LogP contribution < -0.4 is 10.1 Å². The molecule has 0 aliphatic rings. The molecule has 0 aliphatic heterocycles. The zero-order valence-electron chi connectivity index (χ0n) is 15.8. The second kappa shape index (κ2) is 7.97. The molecule has 0 aliphatic carbocycles. The number of halogens is 3. The first-order valence-electron chi connectivity index (χ1n) is 9.00. The highest BCUT2D eigenvalue weighted by molar-refractivity contribution is 5.78. The van der Waals surface area contributed by atoms with E-state index in [-0.39, 0.29) is 19.2 Å². The van der Waals surface area contributed by atoms with E-state index >= 15 is 0 Å². The molecule has 1 aromatic carbocycles. The summed E-state index contributed by atoms with van der Waals surface area (Å²) in [5.41, 5.74) is 1.99. The number of anilines is 1. The number of hydrogen-bond donors (Lipinski definition) is 1. The zero-order chi connectivity index (χ0) is 21.1. The molecule has 1 N–H and O–H groups in total. The molecule has 156 valence electrons. The third kappa shape index (κ3) is 4.31. The van der Waals surface area contributed by atoms with Gasteiger partial charge in [-0.3, -0.25) is 0 Å². The fourth-order valence-corrected chi connectivity index (χ4v) is 2.84. The van der Waals surface area contributed by atoms with Crippen LogP contribution in [0.5, 0.6) is 6.01 Å². The number of para-hydroxylation sites is 2. The number of ether oxygens (including phenoxy) is 1. The van der Waals surface area contributed by atoms with Crippen LogP contribution in [0, 0.1) is 0 Å². The van der Waals surface area contributed by atoms with Crippen LogP contribution >= 0.6 is 0 Å². The molecule has 30 heavy (non-hydrogen) atoms. The van der Waals surface area contributed by atoms with E-state index in [1.807, 2.05) is 24.3 Å². The monoisotopic (exact) mass is 418 g/mol. The summed E-state index contributed by atoms with van der Waals surface area (Å²) in [7, 11) is 1.70. The van der Waals surface area contributed by atoms with Crippen molar-refractivity contribution >= 4 is 16.9 Å². The van der Waals surface area contributed by atoms with Crippen molar-refractivity contribution in [2.24, 2.45) is 7.05 Å². The van der Waals surface area contributed by atoms with Gasteiger partial charge in [0, 0.05) is 13.6 Å². The Hall–Kier alpha value is -3.70. The van der Waals surface area contributed by atoms with Gasteiger partial charge in [0.25, 0.3) is 5.95 Å². The summed E-state index contributed by atoms with van der Waals surface area (Å²) in [6.45, 7) is -0.195. The second-order valence-electron chi connectivity index (χ2n) is 6.42. The minimum Gasteiger partial charge on any atom is -0.458 e. The number of benzene rings is 1. The normalized spacial score (nSPS) is 11.7. The number of nitrogens with zero attached hydrogens (tertiary/aromatic N) is 7. The van der Waals surface area contributed by atoms with Crippen molar-refractivity contribution in [3.05, 3.63) is 48.2 Å². The van der Waals surface area contributed by atoms with Gasteiger partial charge in [0.05, 0.1) is 23.1 Å². The molecule has 0 radical (unpaired) electrons. The predicted octanol–water partition coefficient (Wildman–Crippen LogP) is 2.89. The quantitative estimate of drug-likeness (QED) is 0.493. The van der Waals surface area contributed by atoms with Gasteiger partial charge in [-0.15, -0.1) is 0 Å². The third-order valence-corrected chi connectivity index (χ3v) is 4.20. The van der Waals surface area contributed by atoms with E-state index in [2.05, 4.69) is 30.8 Å². The van der Waals surface area contributed by atoms with Crippen LogP contribution in [0.25, 0.3) is 17.0 Å². The Labute approximate surface area is 168 Å². The average Bonchev–Trinajstić information content (AvgIpc) is 3.28. The first kappa shape index (κ1) is 19.6. The summed E-state index contributed by atoms with van der Waals surface area (Å²) < 4.78 is 46.0. The van der Waals surface area contributed by atoms with E-state index in [9.17, 15) is 13.2 Å². The SMILES string of the molecule is Cn1nnnc1-n1c(OCc2cccc(NCCC(F)(F)F)n2)nc2ccccc21. The van der Waals surface area contributed by atoms with Crippen LogP contribution in [-0.4, -0.2) is 47.5 Å². The number of hydrogen-bond acceptors (Lipinski definition) is 7. The van der Waals surface area contributed by atoms with Gasteiger partial charge in [-0.1, -0.05) is 23.3 Å². The van der Waals surface area contributed by atoms with Crippen LogP contribution in [0.15, 0.2) is 42.5 Å². The number of fused-ring (bicyclic) bond motifs is 1. The lowest BCUT2D eigenvalue weighted by Crippen LogP contribution is -2.15. The van der Waals surface area contributed by atoms with Crippen LogP contribution in [0.2, 0.25) is 0 Å². The fourth-order valence-electron chi connectivity index (χ4n) is 2.84. The van der Waals surface area contributed by atoms with Crippen molar-refractivity contribution in [3.63, 3.8) is 0 Å². The molecule has 4 aromatic rings. The summed E-state index contributed by atoms with van der Waals surface area (Å²) >= 11 is 0. The van der Waals surface area contributed by atoms with E-state index < -0.39 is 12.6 Å². The van der Waals surface area contributed by atoms with E-state index in [1.165, 1.54) is 4.68 Å². The molecule has 3 heterocycles. The Balaban J connectivity index is 1.53. The summed E-state index contributed by atoms with van der Waals surface area (Å²) in [4.78, 5) is 8.77. The van der Waals surface area contributed by atoms with Crippen molar-refractivity contribution in [2.45, 2.75) is 19.2 Å². The Morgan fingerprint density at radius 3 is 2.67 bits per heavy atom. The average molecular weight is 418 g/mol. The molecule has 0 unspecified atom stereocenters. The first-order valence-corrected chi connectivity index (χ1v) is 9.00. The predicted molar refractivity (Wildman–Crippen MR) is 101 cm³/mol. The molecule has 0 amide bonds. The van der Waals surface area contributed by atoms with Gasteiger partial charge >= 0.3 is 12.2 Å². The van der Waals surface area contributed by atoms with Gasteiger partial charge < -0.3 is 10.1 Å². The van der Waals surface area contributed by atoms with E-state index in [4.69, 9.17) is 4.74 Å². The number of nitrogens with one attached hydrogen (secondary N) is 1. The molecule has 0 fully saturated rings. The zero-order valence-corrected chi connectivity index (χ0v) is 15.8. The van der Waals surface area contributed by atoms with Crippen molar-refractivity contribution < 1.29 is 17.9 Å².